The molecule has 0 bridgehead atoms. The van der Waals surface area contributed by atoms with Crippen molar-refractivity contribution in [1.82, 2.24) is 19.6 Å². The molecule has 0 saturated carbocycles. The van der Waals surface area contributed by atoms with Gasteiger partial charge in [-0.2, -0.15) is 18.3 Å². The fourth-order valence-corrected chi connectivity index (χ4v) is 3.62. The van der Waals surface area contributed by atoms with Crippen LogP contribution >= 0.6 is 0 Å². The second-order valence-corrected chi connectivity index (χ2v) is 7.74. The van der Waals surface area contributed by atoms with Crippen LogP contribution in [0.2, 0.25) is 0 Å². The number of halogens is 4. The van der Waals surface area contributed by atoms with Crippen molar-refractivity contribution in [2.75, 3.05) is 26.2 Å². The number of aromatic nitrogens is 2. The number of hydrogen-bond acceptors (Lipinski definition) is 4. The van der Waals surface area contributed by atoms with Crippen molar-refractivity contribution in [3.8, 4) is 5.75 Å². The Morgan fingerprint density at radius 2 is 1.76 bits per heavy atom. The molecule has 1 fully saturated rings. The molecule has 0 N–H and O–H groups in total. The Labute approximate surface area is 188 Å². The fourth-order valence-electron chi connectivity index (χ4n) is 3.62. The first-order chi connectivity index (χ1) is 15.8. The summed E-state index contributed by atoms with van der Waals surface area (Å²) in [6.45, 7) is 2.82. The molecule has 6 nitrogen and oxygen atoms in total. The molecule has 0 atom stereocenters. The van der Waals surface area contributed by atoms with Gasteiger partial charge < -0.3 is 9.64 Å². The van der Waals surface area contributed by atoms with E-state index in [1.807, 2.05) is 6.07 Å². The minimum atomic E-state index is -4.45. The fraction of sp³-hybridized carbons (Fsp3) is 0.304. The molecule has 1 aliphatic rings. The van der Waals surface area contributed by atoms with E-state index in [1.165, 1.54) is 28.9 Å². The molecule has 2 heterocycles. The zero-order valence-electron chi connectivity index (χ0n) is 17.6. The molecule has 0 radical (unpaired) electrons. The van der Waals surface area contributed by atoms with Crippen LogP contribution in [0, 0.1) is 5.82 Å². The van der Waals surface area contributed by atoms with Crippen molar-refractivity contribution < 1.29 is 27.1 Å². The summed E-state index contributed by atoms with van der Waals surface area (Å²) < 4.78 is 58.6. The number of rotatable bonds is 6. The third-order valence-corrected chi connectivity index (χ3v) is 5.34. The van der Waals surface area contributed by atoms with Crippen LogP contribution in [0.4, 0.5) is 17.6 Å². The quantitative estimate of drug-likeness (QED) is 0.519. The monoisotopic (exact) mass is 462 g/mol. The summed E-state index contributed by atoms with van der Waals surface area (Å²) in [5.41, 5.74) is 0.323. The van der Waals surface area contributed by atoms with Gasteiger partial charge in [-0.15, -0.1) is 0 Å². The van der Waals surface area contributed by atoms with Gasteiger partial charge >= 0.3 is 6.18 Å². The van der Waals surface area contributed by atoms with E-state index in [-0.39, 0.29) is 29.9 Å². The van der Waals surface area contributed by atoms with Crippen LogP contribution < -0.4 is 4.74 Å². The smallest absolute Gasteiger partial charge is 0.416 e. The summed E-state index contributed by atoms with van der Waals surface area (Å²) in [6.07, 6.45) is -2.91. The number of carbonyl (C=O) groups is 1. The summed E-state index contributed by atoms with van der Waals surface area (Å²) in [4.78, 5) is 16.6. The lowest BCUT2D eigenvalue weighted by molar-refractivity contribution is -0.137. The average Bonchev–Trinajstić information content (AvgIpc) is 3.27. The Bertz CT molecular complexity index is 1110. The maximum Gasteiger partial charge on any atom is 0.416 e. The van der Waals surface area contributed by atoms with Gasteiger partial charge in [-0.25, -0.2) is 9.07 Å². The highest BCUT2D eigenvalue weighted by atomic mass is 19.4. The topological polar surface area (TPSA) is 50.6 Å². The zero-order valence-corrected chi connectivity index (χ0v) is 17.6. The van der Waals surface area contributed by atoms with Crippen molar-refractivity contribution in [1.29, 1.82) is 0 Å². The molecule has 1 aliphatic heterocycles. The van der Waals surface area contributed by atoms with Gasteiger partial charge in [-0.3, -0.25) is 9.69 Å². The van der Waals surface area contributed by atoms with Gasteiger partial charge in [0, 0.05) is 38.9 Å². The van der Waals surface area contributed by atoms with Crippen molar-refractivity contribution in [2.45, 2.75) is 19.5 Å². The zero-order chi connectivity index (χ0) is 23.4. The Kier molecular flexibility index (Phi) is 6.64. The Morgan fingerprint density at radius 1 is 1.00 bits per heavy atom. The summed E-state index contributed by atoms with van der Waals surface area (Å²) in [7, 11) is 0. The van der Waals surface area contributed by atoms with E-state index in [4.69, 9.17) is 4.74 Å². The van der Waals surface area contributed by atoms with Crippen LogP contribution in [-0.2, 0) is 19.5 Å². The molecule has 1 amide bonds. The van der Waals surface area contributed by atoms with Crippen molar-refractivity contribution in [3.63, 3.8) is 0 Å². The molecule has 0 aliphatic carbocycles. The van der Waals surface area contributed by atoms with Crippen LogP contribution in [0.3, 0.4) is 0 Å². The highest BCUT2D eigenvalue weighted by Gasteiger charge is 2.30. The first kappa shape index (κ1) is 22.8. The molecule has 2 aromatic carbocycles. The number of benzene rings is 2. The molecule has 1 aromatic heterocycles. The van der Waals surface area contributed by atoms with Crippen LogP contribution in [0.5, 0.6) is 5.75 Å². The second-order valence-electron chi connectivity index (χ2n) is 7.74. The van der Waals surface area contributed by atoms with Gasteiger partial charge in [0.05, 0.1) is 5.56 Å². The molecule has 3 aromatic rings. The van der Waals surface area contributed by atoms with Crippen molar-refractivity contribution in [3.05, 3.63) is 83.4 Å². The molecule has 1 saturated heterocycles. The van der Waals surface area contributed by atoms with Gasteiger partial charge in [0.2, 0.25) is 0 Å². The molecule has 4 rings (SSSR count). The van der Waals surface area contributed by atoms with Crippen molar-refractivity contribution in [2.24, 2.45) is 0 Å². The molecule has 0 unspecified atom stereocenters. The molecule has 0 spiro atoms. The van der Waals surface area contributed by atoms with Gasteiger partial charge in [-0.1, -0.05) is 18.2 Å². The lowest BCUT2D eigenvalue weighted by Crippen LogP contribution is -2.48. The maximum absolute atomic E-state index is 13.4. The number of piperazine rings is 1. The van der Waals surface area contributed by atoms with Gasteiger partial charge in [0.25, 0.3) is 5.91 Å². The van der Waals surface area contributed by atoms with Crippen LogP contribution in [0.1, 0.15) is 21.6 Å². The predicted octanol–water partition coefficient (Wildman–Crippen LogP) is 4.04. The summed E-state index contributed by atoms with van der Waals surface area (Å²) in [6, 6.07) is 12.6. The van der Waals surface area contributed by atoms with E-state index in [0.29, 0.717) is 32.7 Å². The number of nitrogens with zero attached hydrogens (tertiary/aromatic N) is 4. The van der Waals surface area contributed by atoms with Gasteiger partial charge in [0.1, 0.15) is 11.6 Å². The minimum Gasteiger partial charge on any atom is -0.471 e. The second kappa shape index (κ2) is 9.62. The molecule has 10 heteroatoms. The van der Waals surface area contributed by atoms with Gasteiger partial charge in [-0.05, 0) is 42.0 Å². The van der Waals surface area contributed by atoms with Crippen LogP contribution in [0.25, 0.3) is 0 Å². The summed E-state index contributed by atoms with van der Waals surface area (Å²) in [5, 5.41) is 4.19. The highest BCUT2D eigenvalue weighted by Crippen LogP contribution is 2.31. The molecule has 33 heavy (non-hydrogen) atoms. The van der Waals surface area contributed by atoms with E-state index < -0.39 is 11.7 Å². The molecular formula is C23H22F4N4O2. The number of carbonyl (C=O) groups excluding carboxylic acids is 1. The predicted molar refractivity (Wildman–Crippen MR) is 112 cm³/mol. The summed E-state index contributed by atoms with van der Waals surface area (Å²) in [5.74, 6) is -0.435. The molecular weight excluding hydrogens is 440 g/mol. The third-order valence-electron chi connectivity index (χ3n) is 5.34. The number of hydrogen-bond donors (Lipinski definition) is 0. The van der Waals surface area contributed by atoms with Crippen molar-refractivity contribution >= 4 is 5.91 Å². The van der Waals surface area contributed by atoms with Gasteiger partial charge in [0.15, 0.2) is 12.4 Å². The van der Waals surface area contributed by atoms with Crippen LogP contribution in [-0.4, -0.2) is 51.7 Å². The number of ether oxygens (including phenoxy) is 1. The maximum atomic E-state index is 13.4. The number of alkyl halides is 3. The normalized spacial score (nSPS) is 15.0. The third kappa shape index (κ3) is 5.89. The van der Waals surface area contributed by atoms with E-state index >= 15 is 0 Å². The van der Waals surface area contributed by atoms with E-state index in [1.54, 1.807) is 23.2 Å². The Balaban J connectivity index is 1.29. The first-order valence-corrected chi connectivity index (χ1v) is 10.4. The Morgan fingerprint density at radius 3 is 2.48 bits per heavy atom. The largest absolute Gasteiger partial charge is 0.471 e. The van der Waals surface area contributed by atoms with Crippen LogP contribution in [0.15, 0.2) is 60.8 Å². The highest BCUT2D eigenvalue weighted by molar-refractivity contribution is 5.92. The SMILES string of the molecule is O=C(c1ccn(COc2cccc(C(F)(F)F)c2)n1)N1CCN(Cc2cccc(F)c2)CC1. The Hall–Kier alpha value is -3.40. The molecule has 174 valence electrons. The van der Waals surface area contributed by atoms with E-state index in [0.717, 1.165) is 17.7 Å². The lowest BCUT2D eigenvalue weighted by atomic mass is 10.2. The van der Waals surface area contributed by atoms with E-state index in [9.17, 15) is 22.4 Å². The standard InChI is InChI=1S/C23H22F4N4O2/c24-19-5-1-3-17(13-19)15-29-9-11-30(12-10-29)22(32)21-7-8-31(28-21)16-33-20-6-2-4-18(14-20)23(25,26)27/h1-8,13-14H,9-12,15-16H2. The minimum absolute atomic E-state index is 0.0580. The average molecular weight is 462 g/mol. The first-order valence-electron chi connectivity index (χ1n) is 10.4. The number of amides is 1. The van der Waals surface area contributed by atoms with E-state index in [2.05, 4.69) is 10.00 Å². The lowest BCUT2D eigenvalue weighted by Gasteiger charge is -2.34. The summed E-state index contributed by atoms with van der Waals surface area (Å²) >= 11 is 0.